The molecule has 0 amide bonds. The molecule has 0 spiro atoms. The Morgan fingerprint density at radius 2 is 1.94 bits per heavy atom. The standard InChI is InChI=1S/C24H25N7.ClH/c25-13-17-3-4-28-23(10-17)30-24-12-20(19-1-2-19)11-22(29-24)21-9-18(14-27-15-21)16-31-7-5-26-6-8-31;/h3-4,9-12,14-15,19,26H,1-2,5-8,16H2,(H,28,29,30);1H. The lowest BCUT2D eigenvalue weighted by atomic mass is 10.1. The summed E-state index contributed by atoms with van der Waals surface area (Å²) in [6.07, 6.45) is 7.90. The molecule has 0 radical (unpaired) electrons. The van der Waals surface area contributed by atoms with Gasteiger partial charge in [-0.3, -0.25) is 9.88 Å². The average molecular weight is 448 g/mol. The van der Waals surface area contributed by atoms with E-state index in [9.17, 15) is 0 Å². The van der Waals surface area contributed by atoms with E-state index in [1.54, 1.807) is 18.3 Å². The van der Waals surface area contributed by atoms with E-state index in [-0.39, 0.29) is 12.4 Å². The maximum Gasteiger partial charge on any atom is 0.132 e. The molecule has 0 bridgehead atoms. The molecule has 5 rings (SSSR count). The molecular weight excluding hydrogens is 422 g/mol. The fourth-order valence-corrected chi connectivity index (χ4v) is 3.96. The maximum atomic E-state index is 9.15. The summed E-state index contributed by atoms with van der Waals surface area (Å²) in [5.74, 6) is 1.96. The molecule has 3 aromatic heterocycles. The zero-order chi connectivity index (χ0) is 21.0. The lowest BCUT2D eigenvalue weighted by Crippen LogP contribution is -2.42. The lowest BCUT2D eigenvalue weighted by Gasteiger charge is -2.27. The number of halogens is 1. The van der Waals surface area contributed by atoms with Crippen LogP contribution in [0.15, 0.2) is 48.9 Å². The Labute approximate surface area is 194 Å². The molecule has 0 aromatic carbocycles. The molecule has 1 saturated carbocycles. The Bertz CT molecular complexity index is 1120. The molecule has 2 fully saturated rings. The predicted molar refractivity (Wildman–Crippen MR) is 127 cm³/mol. The molecule has 8 heteroatoms. The van der Waals surface area contributed by atoms with E-state index in [0.29, 0.717) is 17.3 Å². The van der Waals surface area contributed by atoms with Gasteiger partial charge in [-0.2, -0.15) is 5.26 Å². The highest BCUT2D eigenvalue weighted by Gasteiger charge is 2.25. The first kappa shape index (κ1) is 22.2. The van der Waals surface area contributed by atoms with Gasteiger partial charge in [-0.15, -0.1) is 12.4 Å². The normalized spacial score (nSPS) is 16.1. The van der Waals surface area contributed by atoms with E-state index in [0.717, 1.165) is 49.8 Å². The topological polar surface area (TPSA) is 89.8 Å². The molecule has 32 heavy (non-hydrogen) atoms. The third-order valence-electron chi connectivity index (χ3n) is 5.75. The van der Waals surface area contributed by atoms with Crippen molar-refractivity contribution in [3.8, 4) is 17.3 Å². The van der Waals surface area contributed by atoms with Gasteiger partial charge < -0.3 is 10.6 Å². The number of hydrogen-bond acceptors (Lipinski definition) is 7. The molecule has 7 nitrogen and oxygen atoms in total. The van der Waals surface area contributed by atoms with Crippen molar-refractivity contribution in [1.29, 1.82) is 5.26 Å². The Morgan fingerprint density at radius 1 is 1.09 bits per heavy atom. The van der Waals surface area contributed by atoms with E-state index >= 15 is 0 Å². The quantitative estimate of drug-likeness (QED) is 0.593. The molecule has 4 heterocycles. The molecule has 164 valence electrons. The van der Waals surface area contributed by atoms with Gasteiger partial charge >= 0.3 is 0 Å². The summed E-state index contributed by atoms with van der Waals surface area (Å²) in [4.78, 5) is 16.1. The Morgan fingerprint density at radius 3 is 2.72 bits per heavy atom. The van der Waals surface area contributed by atoms with Crippen LogP contribution < -0.4 is 10.6 Å². The van der Waals surface area contributed by atoms with Crippen LogP contribution in [0.4, 0.5) is 11.6 Å². The summed E-state index contributed by atoms with van der Waals surface area (Å²) in [5.41, 5.74) is 5.00. The van der Waals surface area contributed by atoms with Crippen LogP contribution in [0.5, 0.6) is 0 Å². The molecule has 1 aliphatic heterocycles. The van der Waals surface area contributed by atoms with Crippen LogP contribution in [-0.4, -0.2) is 46.0 Å². The predicted octanol–water partition coefficient (Wildman–Crippen LogP) is 3.86. The summed E-state index contributed by atoms with van der Waals surface area (Å²) in [7, 11) is 0. The van der Waals surface area contributed by atoms with Crippen molar-refractivity contribution in [2.24, 2.45) is 0 Å². The number of hydrogen-bond donors (Lipinski definition) is 2. The fraction of sp³-hybridized carbons (Fsp3) is 0.333. The SMILES string of the molecule is Cl.N#Cc1ccnc(Nc2cc(C3CC3)cc(-c3cncc(CN4CCNCC4)c3)n2)c1. The first-order valence-corrected chi connectivity index (χ1v) is 10.8. The van der Waals surface area contributed by atoms with E-state index in [1.165, 1.54) is 24.0 Å². The highest BCUT2D eigenvalue weighted by molar-refractivity contribution is 5.85. The van der Waals surface area contributed by atoms with Gasteiger partial charge in [-0.1, -0.05) is 0 Å². The number of aromatic nitrogens is 3. The summed E-state index contributed by atoms with van der Waals surface area (Å²) in [6.45, 7) is 5.09. The van der Waals surface area contributed by atoms with Crippen LogP contribution in [0.25, 0.3) is 11.3 Å². The number of nitriles is 1. The molecule has 1 aliphatic carbocycles. The molecule has 2 N–H and O–H groups in total. The van der Waals surface area contributed by atoms with E-state index < -0.39 is 0 Å². The van der Waals surface area contributed by atoms with Gasteiger partial charge in [0.1, 0.15) is 11.6 Å². The third-order valence-corrected chi connectivity index (χ3v) is 5.75. The molecule has 0 unspecified atom stereocenters. The Balaban J connectivity index is 0.00000245. The van der Waals surface area contributed by atoms with Crippen molar-refractivity contribution >= 4 is 24.0 Å². The van der Waals surface area contributed by atoms with Crippen molar-refractivity contribution in [2.75, 3.05) is 31.5 Å². The molecule has 1 saturated heterocycles. The maximum absolute atomic E-state index is 9.15. The van der Waals surface area contributed by atoms with E-state index in [4.69, 9.17) is 10.2 Å². The van der Waals surface area contributed by atoms with Crippen molar-refractivity contribution in [2.45, 2.75) is 25.3 Å². The second-order valence-corrected chi connectivity index (χ2v) is 8.22. The smallest absolute Gasteiger partial charge is 0.132 e. The van der Waals surface area contributed by atoms with Crippen LogP contribution >= 0.6 is 12.4 Å². The Hall–Kier alpha value is -3.05. The monoisotopic (exact) mass is 447 g/mol. The van der Waals surface area contributed by atoms with Crippen molar-refractivity contribution in [3.05, 3.63) is 65.6 Å². The van der Waals surface area contributed by atoms with Crippen LogP contribution in [0.3, 0.4) is 0 Å². The van der Waals surface area contributed by atoms with Gasteiger partial charge in [-0.25, -0.2) is 9.97 Å². The first-order valence-electron chi connectivity index (χ1n) is 10.8. The number of nitrogens with one attached hydrogen (secondary N) is 2. The van der Waals surface area contributed by atoms with Gasteiger partial charge in [-0.05, 0) is 60.2 Å². The minimum Gasteiger partial charge on any atom is -0.325 e. The van der Waals surface area contributed by atoms with Gasteiger partial charge in [0.25, 0.3) is 0 Å². The second-order valence-electron chi connectivity index (χ2n) is 8.22. The van der Waals surface area contributed by atoms with Gasteiger partial charge in [0.05, 0.1) is 17.3 Å². The highest BCUT2D eigenvalue weighted by Crippen LogP contribution is 2.42. The number of pyridine rings is 3. The molecule has 3 aromatic rings. The summed E-state index contributed by atoms with van der Waals surface area (Å²) >= 11 is 0. The van der Waals surface area contributed by atoms with Crippen molar-refractivity contribution in [3.63, 3.8) is 0 Å². The lowest BCUT2D eigenvalue weighted by molar-refractivity contribution is 0.233. The summed E-state index contributed by atoms with van der Waals surface area (Å²) < 4.78 is 0. The minimum atomic E-state index is 0. The third kappa shape index (κ3) is 5.40. The largest absolute Gasteiger partial charge is 0.325 e. The number of piperazine rings is 1. The van der Waals surface area contributed by atoms with Gasteiger partial charge in [0, 0.05) is 56.9 Å². The van der Waals surface area contributed by atoms with E-state index in [2.05, 4.69) is 49.8 Å². The zero-order valence-corrected chi connectivity index (χ0v) is 18.6. The molecule has 0 atom stereocenters. The van der Waals surface area contributed by atoms with Crippen LogP contribution in [0, 0.1) is 11.3 Å². The highest BCUT2D eigenvalue weighted by atomic mass is 35.5. The summed E-state index contributed by atoms with van der Waals surface area (Å²) in [6, 6.07) is 12.1. The van der Waals surface area contributed by atoms with Gasteiger partial charge in [0.2, 0.25) is 0 Å². The van der Waals surface area contributed by atoms with Crippen LogP contribution in [0.2, 0.25) is 0 Å². The number of anilines is 2. The zero-order valence-electron chi connectivity index (χ0n) is 17.8. The summed E-state index contributed by atoms with van der Waals surface area (Å²) in [5, 5.41) is 15.8. The van der Waals surface area contributed by atoms with Crippen LogP contribution in [-0.2, 0) is 6.54 Å². The van der Waals surface area contributed by atoms with Crippen LogP contribution in [0.1, 0.15) is 35.4 Å². The fourth-order valence-electron chi connectivity index (χ4n) is 3.96. The number of nitrogens with zero attached hydrogens (tertiary/aromatic N) is 5. The average Bonchev–Trinajstić information content (AvgIpc) is 3.66. The van der Waals surface area contributed by atoms with Crippen molar-refractivity contribution < 1.29 is 0 Å². The molecular formula is C24H26ClN7. The second kappa shape index (κ2) is 10.0. The number of rotatable bonds is 6. The minimum absolute atomic E-state index is 0. The van der Waals surface area contributed by atoms with Crippen molar-refractivity contribution in [1.82, 2.24) is 25.2 Å². The molecule has 2 aliphatic rings. The first-order chi connectivity index (χ1) is 15.3. The van der Waals surface area contributed by atoms with Gasteiger partial charge in [0.15, 0.2) is 0 Å². The van der Waals surface area contributed by atoms with E-state index in [1.807, 2.05) is 12.4 Å². The Kier molecular flexibility index (Phi) is 6.96.